The van der Waals surface area contributed by atoms with Crippen LogP contribution in [0.3, 0.4) is 0 Å². The number of benzene rings is 1. The zero-order valence-electron chi connectivity index (χ0n) is 15.2. The molecule has 0 saturated carbocycles. The molecule has 136 valence electrons. The van der Waals surface area contributed by atoms with E-state index < -0.39 is 0 Å². The number of imidazole rings is 1. The Labute approximate surface area is 147 Å². The molecular weight excluding hydrogens is 320 g/mol. The largest absolute Gasteiger partial charge is 0.375 e. The topological polar surface area (TPSA) is 85.2 Å². The van der Waals surface area contributed by atoms with Crippen LogP contribution in [0.1, 0.15) is 39.1 Å². The highest BCUT2D eigenvalue weighted by molar-refractivity contribution is 5.82. The standard InChI is InChI=1S/C18H26N4O3/c1-5-12(2)19-16(23)10-22-15-9-7-6-8-14(15)21-18(22)13(3)20-17(24)11-25-4/h6-9,12-13H,5,10-11H2,1-4H3,(H,19,23)(H,20,24). The zero-order chi connectivity index (χ0) is 18.4. The maximum Gasteiger partial charge on any atom is 0.246 e. The Morgan fingerprint density at radius 2 is 1.92 bits per heavy atom. The van der Waals surface area contributed by atoms with Gasteiger partial charge in [-0.25, -0.2) is 4.98 Å². The first-order chi connectivity index (χ1) is 12.0. The average Bonchev–Trinajstić information content (AvgIpc) is 2.93. The maximum atomic E-state index is 12.4. The molecule has 25 heavy (non-hydrogen) atoms. The summed E-state index contributed by atoms with van der Waals surface area (Å²) in [5, 5.41) is 5.81. The molecule has 0 bridgehead atoms. The fraction of sp³-hybridized carbons (Fsp3) is 0.500. The number of aromatic nitrogens is 2. The van der Waals surface area contributed by atoms with Crippen LogP contribution >= 0.6 is 0 Å². The van der Waals surface area contributed by atoms with Crippen molar-refractivity contribution in [1.82, 2.24) is 20.2 Å². The van der Waals surface area contributed by atoms with Crippen molar-refractivity contribution < 1.29 is 14.3 Å². The second-order valence-electron chi connectivity index (χ2n) is 6.14. The second kappa shape index (κ2) is 8.62. The molecule has 7 heteroatoms. The van der Waals surface area contributed by atoms with Crippen molar-refractivity contribution in [2.45, 2.75) is 45.8 Å². The van der Waals surface area contributed by atoms with E-state index in [0.717, 1.165) is 17.5 Å². The van der Waals surface area contributed by atoms with Crippen molar-refractivity contribution in [3.8, 4) is 0 Å². The van der Waals surface area contributed by atoms with Crippen LogP contribution in [0, 0.1) is 0 Å². The third-order valence-corrected chi connectivity index (χ3v) is 4.05. The lowest BCUT2D eigenvalue weighted by molar-refractivity contribution is -0.125. The number of nitrogens with zero attached hydrogens (tertiary/aromatic N) is 2. The summed E-state index contributed by atoms with van der Waals surface area (Å²) in [7, 11) is 1.47. The number of carbonyl (C=O) groups excluding carboxylic acids is 2. The summed E-state index contributed by atoms with van der Waals surface area (Å²) in [6, 6.07) is 7.40. The molecule has 1 heterocycles. The number of para-hydroxylation sites is 2. The summed E-state index contributed by atoms with van der Waals surface area (Å²) in [6.45, 7) is 5.98. The van der Waals surface area contributed by atoms with Gasteiger partial charge in [0.2, 0.25) is 11.8 Å². The van der Waals surface area contributed by atoms with Crippen molar-refractivity contribution >= 4 is 22.8 Å². The molecule has 0 aliphatic rings. The molecule has 2 amide bonds. The van der Waals surface area contributed by atoms with Gasteiger partial charge in [0, 0.05) is 13.2 Å². The van der Waals surface area contributed by atoms with E-state index in [9.17, 15) is 9.59 Å². The molecule has 7 nitrogen and oxygen atoms in total. The summed E-state index contributed by atoms with van der Waals surface area (Å²) in [6.07, 6.45) is 0.868. The minimum atomic E-state index is -0.341. The predicted octanol–water partition coefficient (Wildman–Crippen LogP) is 1.77. The molecule has 2 atom stereocenters. The van der Waals surface area contributed by atoms with Crippen LogP contribution in [0.4, 0.5) is 0 Å². The number of fused-ring (bicyclic) bond motifs is 1. The predicted molar refractivity (Wildman–Crippen MR) is 96.1 cm³/mol. The van der Waals surface area contributed by atoms with Crippen molar-refractivity contribution in [2.24, 2.45) is 0 Å². The number of hydrogen-bond donors (Lipinski definition) is 2. The number of amides is 2. The van der Waals surface area contributed by atoms with Gasteiger partial charge in [0.25, 0.3) is 0 Å². The van der Waals surface area contributed by atoms with Gasteiger partial charge in [0.1, 0.15) is 19.0 Å². The van der Waals surface area contributed by atoms with E-state index in [1.165, 1.54) is 7.11 Å². The highest BCUT2D eigenvalue weighted by atomic mass is 16.5. The summed E-state index contributed by atoms with van der Waals surface area (Å²) < 4.78 is 6.70. The first-order valence-electron chi connectivity index (χ1n) is 8.49. The first-order valence-corrected chi connectivity index (χ1v) is 8.49. The number of rotatable bonds is 8. The van der Waals surface area contributed by atoms with E-state index in [-0.39, 0.29) is 37.0 Å². The van der Waals surface area contributed by atoms with Gasteiger partial charge in [-0.2, -0.15) is 0 Å². The molecule has 0 spiro atoms. The normalized spacial score (nSPS) is 13.4. The Hall–Kier alpha value is -2.41. The van der Waals surface area contributed by atoms with Crippen LogP contribution in [0.15, 0.2) is 24.3 Å². The molecule has 2 aromatic rings. The summed E-state index contributed by atoms with van der Waals surface area (Å²) in [4.78, 5) is 28.8. The molecule has 0 aliphatic heterocycles. The van der Waals surface area contributed by atoms with Gasteiger partial charge in [-0.15, -0.1) is 0 Å². The van der Waals surface area contributed by atoms with Gasteiger partial charge in [-0.3, -0.25) is 9.59 Å². The van der Waals surface area contributed by atoms with Gasteiger partial charge in [0.05, 0.1) is 17.1 Å². The summed E-state index contributed by atoms with van der Waals surface area (Å²) in [5.41, 5.74) is 1.66. The van der Waals surface area contributed by atoms with E-state index >= 15 is 0 Å². The van der Waals surface area contributed by atoms with Gasteiger partial charge in [-0.05, 0) is 32.4 Å². The fourth-order valence-corrected chi connectivity index (χ4v) is 2.64. The van der Waals surface area contributed by atoms with Crippen molar-refractivity contribution in [1.29, 1.82) is 0 Å². The number of methoxy groups -OCH3 is 1. The third-order valence-electron chi connectivity index (χ3n) is 4.05. The zero-order valence-corrected chi connectivity index (χ0v) is 15.2. The minimum absolute atomic E-state index is 0.0148. The van der Waals surface area contributed by atoms with Gasteiger partial charge >= 0.3 is 0 Å². The first kappa shape index (κ1) is 18.9. The second-order valence-corrected chi connectivity index (χ2v) is 6.14. The smallest absolute Gasteiger partial charge is 0.246 e. The quantitative estimate of drug-likeness (QED) is 0.763. The Morgan fingerprint density at radius 1 is 1.20 bits per heavy atom. The number of nitrogens with one attached hydrogen (secondary N) is 2. The number of ether oxygens (including phenoxy) is 1. The lowest BCUT2D eigenvalue weighted by Gasteiger charge is -2.17. The lowest BCUT2D eigenvalue weighted by Crippen LogP contribution is -2.36. The van der Waals surface area contributed by atoms with Crippen molar-refractivity contribution in [3.63, 3.8) is 0 Å². The van der Waals surface area contributed by atoms with Crippen molar-refractivity contribution in [2.75, 3.05) is 13.7 Å². The molecular formula is C18H26N4O3. The Morgan fingerprint density at radius 3 is 2.60 bits per heavy atom. The minimum Gasteiger partial charge on any atom is -0.375 e. The van der Waals surface area contributed by atoms with E-state index in [0.29, 0.717) is 5.82 Å². The van der Waals surface area contributed by atoms with E-state index in [2.05, 4.69) is 15.6 Å². The van der Waals surface area contributed by atoms with Crippen LogP contribution in [0.25, 0.3) is 11.0 Å². The highest BCUT2D eigenvalue weighted by Gasteiger charge is 2.20. The lowest BCUT2D eigenvalue weighted by atomic mass is 10.2. The van der Waals surface area contributed by atoms with Crippen LogP contribution < -0.4 is 10.6 Å². The van der Waals surface area contributed by atoms with E-state index in [1.807, 2.05) is 49.6 Å². The van der Waals surface area contributed by atoms with Gasteiger partial charge < -0.3 is 19.9 Å². The molecule has 2 rings (SSSR count). The summed E-state index contributed by atoms with van der Waals surface area (Å²) in [5.74, 6) is 0.344. The monoisotopic (exact) mass is 346 g/mol. The van der Waals surface area contributed by atoms with Crippen LogP contribution in [0.5, 0.6) is 0 Å². The Kier molecular flexibility index (Phi) is 6.52. The van der Waals surface area contributed by atoms with Crippen molar-refractivity contribution in [3.05, 3.63) is 30.1 Å². The van der Waals surface area contributed by atoms with Gasteiger partial charge in [0.15, 0.2) is 0 Å². The molecule has 2 N–H and O–H groups in total. The Bertz CT molecular complexity index is 741. The highest BCUT2D eigenvalue weighted by Crippen LogP contribution is 2.20. The number of hydrogen-bond acceptors (Lipinski definition) is 4. The molecule has 0 radical (unpaired) electrons. The van der Waals surface area contributed by atoms with E-state index in [4.69, 9.17) is 4.74 Å². The maximum absolute atomic E-state index is 12.4. The molecule has 0 aliphatic carbocycles. The van der Waals surface area contributed by atoms with Crippen LogP contribution in [0.2, 0.25) is 0 Å². The molecule has 0 fully saturated rings. The SMILES string of the molecule is CCC(C)NC(=O)Cn1c(C(C)NC(=O)COC)nc2ccccc21. The van der Waals surface area contributed by atoms with Crippen LogP contribution in [-0.4, -0.2) is 41.1 Å². The summed E-state index contributed by atoms with van der Waals surface area (Å²) >= 11 is 0. The fourth-order valence-electron chi connectivity index (χ4n) is 2.64. The Balaban J connectivity index is 2.29. The molecule has 1 aromatic carbocycles. The van der Waals surface area contributed by atoms with Gasteiger partial charge in [-0.1, -0.05) is 19.1 Å². The molecule has 1 aromatic heterocycles. The molecule has 0 saturated heterocycles. The van der Waals surface area contributed by atoms with Crippen LogP contribution in [-0.2, 0) is 20.9 Å². The number of carbonyl (C=O) groups is 2. The molecule has 2 unspecified atom stereocenters. The van der Waals surface area contributed by atoms with E-state index in [1.54, 1.807) is 0 Å². The average molecular weight is 346 g/mol. The third kappa shape index (κ3) is 4.79.